The number of amidine groups is 1. The van der Waals surface area contributed by atoms with Crippen LogP contribution in [0.5, 0.6) is 11.5 Å². The third kappa shape index (κ3) is 3.50. The van der Waals surface area contributed by atoms with Gasteiger partial charge < -0.3 is 20.4 Å². The third-order valence-electron chi connectivity index (χ3n) is 3.31. The highest BCUT2D eigenvalue weighted by atomic mass is 32.2. The second-order valence-electron chi connectivity index (χ2n) is 5.27. The van der Waals surface area contributed by atoms with Crippen LogP contribution in [0.25, 0.3) is 0 Å². The van der Waals surface area contributed by atoms with Gasteiger partial charge in [0.2, 0.25) is 0 Å². The Kier molecular flexibility index (Phi) is 4.65. The first-order chi connectivity index (χ1) is 9.53. The molecule has 1 aliphatic heterocycles. The van der Waals surface area contributed by atoms with Gasteiger partial charge in [0.15, 0.2) is 11.5 Å². The lowest BCUT2D eigenvalue weighted by atomic mass is 9.89. The molecule has 0 radical (unpaired) electrons. The van der Waals surface area contributed by atoms with E-state index < -0.39 is 0 Å². The summed E-state index contributed by atoms with van der Waals surface area (Å²) in [6.07, 6.45) is 0.821. The monoisotopic (exact) mass is 296 g/mol. The van der Waals surface area contributed by atoms with Gasteiger partial charge in [0.05, 0.1) is 0 Å². The molecule has 0 saturated carbocycles. The van der Waals surface area contributed by atoms with E-state index in [1.165, 1.54) is 0 Å². The normalized spacial score (nSPS) is 15.2. The molecule has 0 fully saturated rings. The average Bonchev–Trinajstić information content (AvgIpc) is 2.46. The molecule has 1 aromatic rings. The molecule has 0 aromatic heterocycles. The highest BCUT2D eigenvalue weighted by Gasteiger charge is 2.23. The first-order valence-corrected chi connectivity index (χ1v) is 7.52. The minimum absolute atomic E-state index is 0.264. The summed E-state index contributed by atoms with van der Waals surface area (Å²) < 4.78 is 11.0. The van der Waals surface area contributed by atoms with Crippen LogP contribution in [-0.4, -0.2) is 30.0 Å². The smallest absolute Gasteiger partial charge is 0.162 e. The number of nitrogens with two attached hydrogens (primary N) is 1. The fourth-order valence-corrected chi connectivity index (χ4v) is 3.00. The summed E-state index contributed by atoms with van der Waals surface area (Å²) in [6.45, 7) is 5.13. The highest BCUT2D eigenvalue weighted by molar-refractivity contribution is 7.99. The molecule has 1 aromatic carbocycles. The van der Waals surface area contributed by atoms with Crippen molar-refractivity contribution >= 4 is 17.6 Å². The molecule has 0 aliphatic carbocycles. The minimum Gasteiger partial charge on any atom is -0.486 e. The molecule has 2 rings (SSSR count). The summed E-state index contributed by atoms with van der Waals surface area (Å²) in [5.41, 5.74) is 5.37. The molecular weight excluding hydrogens is 276 g/mol. The highest BCUT2D eigenvalue weighted by Crippen LogP contribution is 2.35. The molecule has 0 bridgehead atoms. The fourth-order valence-electron chi connectivity index (χ4n) is 1.80. The van der Waals surface area contributed by atoms with Crippen LogP contribution in [0.3, 0.4) is 0 Å². The van der Waals surface area contributed by atoms with E-state index in [-0.39, 0.29) is 11.3 Å². The number of fused-ring (bicyclic) bond motifs is 1. The summed E-state index contributed by atoms with van der Waals surface area (Å²) in [5.74, 6) is 2.75. The Morgan fingerprint density at radius 2 is 2.05 bits per heavy atom. The largest absolute Gasteiger partial charge is 0.486 e. The maximum atomic E-state index is 8.74. The molecule has 6 heteroatoms. The van der Waals surface area contributed by atoms with E-state index in [4.69, 9.17) is 20.4 Å². The number of oxime groups is 1. The van der Waals surface area contributed by atoms with Crippen LogP contribution in [-0.2, 0) is 0 Å². The fraction of sp³-hybridized carbons (Fsp3) is 0.500. The Hall–Kier alpha value is -1.56. The van der Waals surface area contributed by atoms with E-state index in [0.717, 1.165) is 28.6 Å². The lowest BCUT2D eigenvalue weighted by Crippen LogP contribution is -2.32. The van der Waals surface area contributed by atoms with Crippen molar-refractivity contribution in [3.63, 3.8) is 0 Å². The van der Waals surface area contributed by atoms with Crippen LogP contribution in [0.2, 0.25) is 0 Å². The van der Waals surface area contributed by atoms with Gasteiger partial charge in [-0.15, -0.1) is 11.8 Å². The van der Waals surface area contributed by atoms with Crippen molar-refractivity contribution in [1.82, 2.24) is 0 Å². The predicted molar refractivity (Wildman–Crippen MR) is 80.0 cm³/mol. The summed E-state index contributed by atoms with van der Waals surface area (Å²) in [5, 5.41) is 11.8. The van der Waals surface area contributed by atoms with E-state index in [0.29, 0.717) is 13.2 Å². The van der Waals surface area contributed by atoms with Gasteiger partial charge in [-0.2, -0.15) is 0 Å². The minimum atomic E-state index is -0.310. The second kappa shape index (κ2) is 6.26. The predicted octanol–water partition coefficient (Wildman–Crippen LogP) is 2.71. The summed E-state index contributed by atoms with van der Waals surface area (Å²) >= 11 is 1.72. The van der Waals surface area contributed by atoms with Gasteiger partial charge in [0.25, 0.3) is 0 Å². The van der Waals surface area contributed by atoms with E-state index in [1.54, 1.807) is 11.8 Å². The SMILES string of the molecule is CC(C)(CCSc1ccc2c(c1)OCCO2)/C(N)=N/O. The van der Waals surface area contributed by atoms with Crippen LogP contribution in [0.4, 0.5) is 0 Å². The van der Waals surface area contributed by atoms with Crippen LogP contribution in [0.15, 0.2) is 28.3 Å². The van der Waals surface area contributed by atoms with Gasteiger partial charge in [-0.1, -0.05) is 19.0 Å². The van der Waals surface area contributed by atoms with Crippen LogP contribution in [0.1, 0.15) is 20.3 Å². The van der Waals surface area contributed by atoms with Crippen molar-refractivity contribution in [2.45, 2.75) is 25.2 Å². The van der Waals surface area contributed by atoms with Gasteiger partial charge in [-0.25, -0.2) is 0 Å². The molecule has 20 heavy (non-hydrogen) atoms. The van der Waals surface area contributed by atoms with Gasteiger partial charge in [0.1, 0.15) is 19.0 Å². The Morgan fingerprint density at radius 3 is 2.75 bits per heavy atom. The lowest BCUT2D eigenvalue weighted by Gasteiger charge is -2.22. The first-order valence-electron chi connectivity index (χ1n) is 6.53. The van der Waals surface area contributed by atoms with Gasteiger partial charge >= 0.3 is 0 Å². The standard InChI is InChI=1S/C14H20N2O3S/c1-14(2,13(15)16-17)5-8-20-10-3-4-11-12(9-10)19-7-6-18-11/h3-4,9,17H,5-8H2,1-2H3,(H2,15,16). The summed E-state index contributed by atoms with van der Waals surface area (Å²) in [7, 11) is 0. The quantitative estimate of drug-likeness (QED) is 0.287. The van der Waals surface area contributed by atoms with Crippen molar-refractivity contribution in [3.05, 3.63) is 18.2 Å². The van der Waals surface area contributed by atoms with Gasteiger partial charge in [-0.05, 0) is 30.4 Å². The summed E-state index contributed by atoms with van der Waals surface area (Å²) in [4.78, 5) is 1.13. The van der Waals surface area contributed by atoms with Gasteiger partial charge in [0, 0.05) is 10.3 Å². The number of rotatable bonds is 5. The molecule has 0 spiro atoms. The van der Waals surface area contributed by atoms with Gasteiger partial charge in [-0.3, -0.25) is 0 Å². The number of thioether (sulfide) groups is 1. The van der Waals surface area contributed by atoms with Crippen molar-refractivity contribution in [1.29, 1.82) is 0 Å². The Balaban J connectivity index is 1.91. The molecule has 3 N–H and O–H groups in total. The molecule has 1 aliphatic rings. The Morgan fingerprint density at radius 1 is 1.35 bits per heavy atom. The third-order valence-corrected chi connectivity index (χ3v) is 4.31. The average molecular weight is 296 g/mol. The number of nitrogens with zero attached hydrogens (tertiary/aromatic N) is 1. The zero-order chi connectivity index (χ0) is 14.6. The second-order valence-corrected chi connectivity index (χ2v) is 6.44. The molecule has 1 heterocycles. The number of hydrogen-bond donors (Lipinski definition) is 2. The van der Waals surface area contributed by atoms with E-state index in [1.807, 2.05) is 32.0 Å². The van der Waals surface area contributed by atoms with Crippen LogP contribution >= 0.6 is 11.8 Å². The summed E-state index contributed by atoms with van der Waals surface area (Å²) in [6, 6.07) is 5.95. The molecular formula is C14H20N2O3S. The van der Waals surface area contributed by atoms with Crippen molar-refractivity contribution in [2.75, 3.05) is 19.0 Å². The van der Waals surface area contributed by atoms with E-state index in [9.17, 15) is 0 Å². The number of ether oxygens (including phenoxy) is 2. The zero-order valence-corrected chi connectivity index (χ0v) is 12.6. The molecule has 0 atom stereocenters. The molecule has 5 nitrogen and oxygen atoms in total. The molecule has 0 amide bonds. The zero-order valence-electron chi connectivity index (χ0n) is 11.8. The van der Waals surface area contributed by atoms with E-state index >= 15 is 0 Å². The molecule has 110 valence electrons. The number of hydrogen-bond acceptors (Lipinski definition) is 5. The van der Waals surface area contributed by atoms with Crippen molar-refractivity contribution < 1.29 is 14.7 Å². The molecule has 0 unspecified atom stereocenters. The maximum absolute atomic E-state index is 8.74. The topological polar surface area (TPSA) is 77.1 Å². The number of benzene rings is 1. The first kappa shape index (κ1) is 14.8. The maximum Gasteiger partial charge on any atom is 0.162 e. The Bertz CT molecular complexity index is 503. The lowest BCUT2D eigenvalue weighted by molar-refractivity contribution is 0.171. The van der Waals surface area contributed by atoms with E-state index in [2.05, 4.69) is 5.16 Å². The Labute approximate surface area is 123 Å². The van der Waals surface area contributed by atoms with Crippen molar-refractivity contribution in [2.24, 2.45) is 16.3 Å². The van der Waals surface area contributed by atoms with Crippen LogP contribution < -0.4 is 15.2 Å². The van der Waals surface area contributed by atoms with Crippen molar-refractivity contribution in [3.8, 4) is 11.5 Å². The molecule has 0 saturated heterocycles. The van der Waals surface area contributed by atoms with Crippen LogP contribution in [0, 0.1) is 5.41 Å².